The monoisotopic (exact) mass is 317 g/mol. The Hall–Kier alpha value is -1.73. The van der Waals surface area contributed by atoms with E-state index >= 15 is 0 Å². The van der Waals surface area contributed by atoms with Gasteiger partial charge in [0.25, 0.3) is 0 Å². The lowest BCUT2D eigenvalue weighted by atomic mass is 10.3. The van der Waals surface area contributed by atoms with Crippen LogP contribution < -0.4 is 10.2 Å². The summed E-state index contributed by atoms with van der Waals surface area (Å²) in [6.45, 7) is 4.17. The average Bonchev–Trinajstić information content (AvgIpc) is 3.18. The largest absolute Gasteiger partial charge is 0.348 e. The molecule has 108 valence electrons. The maximum Gasteiger partial charge on any atom is 0.207 e. The standard InChI is InChI=1S/C14H15N5S2/c1-9-15-13(21-18-9)16-10-4-5-11-12(8-10)20-14(17-11)19-6-2-3-7-19/h4-5,8H,2-3,6-7H2,1H3,(H,15,16,18). The Bertz CT molecular complexity index is 773. The Morgan fingerprint density at radius 1 is 1.19 bits per heavy atom. The molecule has 1 aliphatic heterocycles. The van der Waals surface area contributed by atoms with Crippen LogP contribution in [0.5, 0.6) is 0 Å². The molecule has 0 aliphatic carbocycles. The van der Waals surface area contributed by atoms with Crippen LogP contribution in [0.4, 0.5) is 16.0 Å². The summed E-state index contributed by atoms with van der Waals surface area (Å²) in [4.78, 5) is 11.4. The van der Waals surface area contributed by atoms with Crippen LogP contribution >= 0.6 is 22.9 Å². The van der Waals surface area contributed by atoms with E-state index in [4.69, 9.17) is 4.98 Å². The summed E-state index contributed by atoms with van der Waals surface area (Å²) in [5.41, 5.74) is 2.11. The highest BCUT2D eigenvalue weighted by Crippen LogP contribution is 2.33. The van der Waals surface area contributed by atoms with E-state index in [-0.39, 0.29) is 0 Å². The predicted octanol–water partition coefficient (Wildman–Crippen LogP) is 3.80. The summed E-state index contributed by atoms with van der Waals surface area (Å²) in [6.07, 6.45) is 2.55. The molecule has 0 bridgehead atoms. The number of benzene rings is 1. The zero-order valence-electron chi connectivity index (χ0n) is 11.7. The third-order valence-electron chi connectivity index (χ3n) is 3.53. The minimum absolute atomic E-state index is 0.803. The van der Waals surface area contributed by atoms with Crippen molar-refractivity contribution in [1.82, 2.24) is 14.3 Å². The van der Waals surface area contributed by atoms with Gasteiger partial charge in [0, 0.05) is 30.3 Å². The smallest absolute Gasteiger partial charge is 0.207 e. The summed E-state index contributed by atoms with van der Waals surface area (Å²) >= 11 is 3.15. The van der Waals surface area contributed by atoms with Gasteiger partial charge in [-0.3, -0.25) is 0 Å². The van der Waals surface area contributed by atoms with Gasteiger partial charge in [0.1, 0.15) is 5.82 Å². The van der Waals surface area contributed by atoms with E-state index in [0.29, 0.717) is 0 Å². The molecule has 5 nitrogen and oxygen atoms in total. The molecule has 3 aromatic rings. The van der Waals surface area contributed by atoms with Gasteiger partial charge in [-0.15, -0.1) is 0 Å². The molecule has 4 rings (SSSR count). The first-order chi connectivity index (χ1) is 10.3. The molecule has 7 heteroatoms. The Morgan fingerprint density at radius 2 is 2.05 bits per heavy atom. The summed E-state index contributed by atoms with van der Waals surface area (Å²) in [5, 5.41) is 5.28. The first-order valence-corrected chi connectivity index (χ1v) is 8.60. The lowest BCUT2D eigenvalue weighted by molar-refractivity contribution is 0.949. The van der Waals surface area contributed by atoms with E-state index in [1.807, 2.05) is 13.0 Å². The number of thiazole rings is 1. The van der Waals surface area contributed by atoms with Gasteiger partial charge >= 0.3 is 0 Å². The lowest BCUT2D eigenvalue weighted by Crippen LogP contribution is -2.16. The maximum atomic E-state index is 4.74. The minimum atomic E-state index is 0.803. The third-order valence-corrected chi connectivity index (χ3v) is 5.33. The Labute approximate surface area is 130 Å². The zero-order chi connectivity index (χ0) is 14.2. The topological polar surface area (TPSA) is 53.9 Å². The van der Waals surface area contributed by atoms with E-state index < -0.39 is 0 Å². The van der Waals surface area contributed by atoms with Gasteiger partial charge in [0.05, 0.1) is 10.2 Å². The number of fused-ring (bicyclic) bond motifs is 1. The number of anilines is 3. The number of hydrogen-bond donors (Lipinski definition) is 1. The molecule has 0 radical (unpaired) electrons. The molecule has 1 fully saturated rings. The SMILES string of the molecule is Cc1nsc(Nc2ccc3nc(N4CCCC4)sc3c2)n1. The molecule has 3 heterocycles. The van der Waals surface area contributed by atoms with Crippen molar-refractivity contribution >= 4 is 49.0 Å². The van der Waals surface area contributed by atoms with E-state index in [1.54, 1.807) is 11.3 Å². The van der Waals surface area contributed by atoms with Crippen molar-refractivity contribution in [3.63, 3.8) is 0 Å². The van der Waals surface area contributed by atoms with Crippen LogP contribution in [0, 0.1) is 6.92 Å². The fraction of sp³-hybridized carbons (Fsp3) is 0.357. The molecule has 1 aromatic carbocycles. The Morgan fingerprint density at radius 3 is 2.81 bits per heavy atom. The highest BCUT2D eigenvalue weighted by Gasteiger charge is 2.16. The molecule has 1 aliphatic rings. The first-order valence-electron chi connectivity index (χ1n) is 7.01. The van der Waals surface area contributed by atoms with Gasteiger partial charge in [0.15, 0.2) is 5.13 Å². The van der Waals surface area contributed by atoms with Gasteiger partial charge in [-0.25, -0.2) is 9.97 Å². The van der Waals surface area contributed by atoms with Crippen LogP contribution in [0.1, 0.15) is 18.7 Å². The first kappa shape index (κ1) is 13.0. The quantitative estimate of drug-likeness (QED) is 0.796. The Balaban J connectivity index is 1.62. The molecule has 0 atom stereocenters. The van der Waals surface area contributed by atoms with Crippen molar-refractivity contribution in [3.8, 4) is 0 Å². The van der Waals surface area contributed by atoms with Crippen molar-refractivity contribution in [2.24, 2.45) is 0 Å². The molecule has 1 saturated heterocycles. The molecule has 0 amide bonds. The summed E-state index contributed by atoms with van der Waals surface area (Å²) < 4.78 is 5.39. The molecular formula is C14H15N5S2. The molecule has 1 N–H and O–H groups in total. The highest BCUT2D eigenvalue weighted by molar-refractivity contribution is 7.22. The van der Waals surface area contributed by atoms with Gasteiger partial charge in [-0.05, 0) is 38.0 Å². The summed E-state index contributed by atoms with van der Waals surface area (Å²) in [6, 6.07) is 6.26. The van der Waals surface area contributed by atoms with E-state index in [0.717, 1.165) is 40.4 Å². The van der Waals surface area contributed by atoms with Gasteiger partial charge in [-0.2, -0.15) is 4.37 Å². The number of aryl methyl sites for hydroxylation is 1. The van der Waals surface area contributed by atoms with Crippen LogP contribution in [0.15, 0.2) is 18.2 Å². The lowest BCUT2D eigenvalue weighted by Gasteiger charge is -2.11. The second kappa shape index (κ2) is 5.23. The van der Waals surface area contributed by atoms with Gasteiger partial charge < -0.3 is 10.2 Å². The van der Waals surface area contributed by atoms with Crippen molar-refractivity contribution in [2.45, 2.75) is 19.8 Å². The van der Waals surface area contributed by atoms with E-state index in [9.17, 15) is 0 Å². The number of nitrogens with one attached hydrogen (secondary N) is 1. The van der Waals surface area contributed by atoms with Crippen molar-refractivity contribution < 1.29 is 0 Å². The summed E-state index contributed by atoms with van der Waals surface area (Å²) in [5.74, 6) is 0.803. The van der Waals surface area contributed by atoms with Gasteiger partial charge in [0.2, 0.25) is 5.13 Å². The van der Waals surface area contributed by atoms with E-state index in [1.165, 1.54) is 29.1 Å². The number of aromatic nitrogens is 3. The van der Waals surface area contributed by atoms with Gasteiger partial charge in [-0.1, -0.05) is 11.3 Å². The van der Waals surface area contributed by atoms with Crippen LogP contribution in [0.2, 0.25) is 0 Å². The average molecular weight is 317 g/mol. The van der Waals surface area contributed by atoms with Crippen molar-refractivity contribution in [2.75, 3.05) is 23.3 Å². The summed E-state index contributed by atoms with van der Waals surface area (Å²) in [7, 11) is 0. The van der Waals surface area contributed by atoms with Crippen LogP contribution in [0.3, 0.4) is 0 Å². The fourth-order valence-corrected chi connectivity index (χ4v) is 4.16. The normalized spacial score (nSPS) is 15.0. The second-order valence-electron chi connectivity index (χ2n) is 5.14. The molecular weight excluding hydrogens is 302 g/mol. The minimum Gasteiger partial charge on any atom is -0.348 e. The van der Waals surface area contributed by atoms with Crippen molar-refractivity contribution in [3.05, 3.63) is 24.0 Å². The maximum absolute atomic E-state index is 4.74. The fourth-order valence-electron chi connectivity index (χ4n) is 2.51. The Kier molecular flexibility index (Phi) is 3.23. The predicted molar refractivity (Wildman–Crippen MR) is 89.0 cm³/mol. The van der Waals surface area contributed by atoms with Crippen molar-refractivity contribution in [1.29, 1.82) is 0 Å². The molecule has 0 unspecified atom stereocenters. The van der Waals surface area contributed by atoms with E-state index in [2.05, 4.69) is 31.7 Å². The van der Waals surface area contributed by atoms with Crippen LogP contribution in [-0.2, 0) is 0 Å². The third kappa shape index (κ3) is 2.58. The second-order valence-corrected chi connectivity index (χ2v) is 6.91. The number of nitrogens with zero attached hydrogens (tertiary/aromatic N) is 4. The molecule has 0 saturated carbocycles. The molecule has 21 heavy (non-hydrogen) atoms. The van der Waals surface area contributed by atoms with Crippen LogP contribution in [0.25, 0.3) is 10.2 Å². The zero-order valence-corrected chi connectivity index (χ0v) is 13.3. The highest BCUT2D eigenvalue weighted by atomic mass is 32.1. The molecule has 2 aromatic heterocycles. The molecule has 0 spiro atoms. The number of rotatable bonds is 3. The number of hydrogen-bond acceptors (Lipinski definition) is 7. The van der Waals surface area contributed by atoms with Crippen LogP contribution in [-0.4, -0.2) is 27.4 Å².